The molecule has 0 radical (unpaired) electrons. The van der Waals surface area contributed by atoms with Crippen LogP contribution >= 0.6 is 0 Å². The number of ether oxygens (including phenoxy) is 2. The first-order chi connectivity index (χ1) is 13.7. The molecule has 0 bridgehead atoms. The summed E-state index contributed by atoms with van der Waals surface area (Å²) in [6.07, 6.45) is 1.88. The van der Waals surface area contributed by atoms with Gasteiger partial charge in [-0.05, 0) is 56.2 Å². The van der Waals surface area contributed by atoms with Crippen molar-refractivity contribution >= 4 is 23.6 Å². The average Bonchev–Trinajstić information content (AvgIpc) is 2.66. The lowest BCUT2D eigenvalue weighted by molar-refractivity contribution is -0.120. The standard InChI is InChI=1S/C24H24O5/c1-24(2,3)29-23(27)16-10-8-15(9-11-16)12-20(25)19-13-17-6-5-7-22(28-4)18(17)14-21(19)26/h5-11,13H,12,14H2,1-4H3. The van der Waals surface area contributed by atoms with Crippen LogP contribution < -0.4 is 4.74 Å². The molecule has 5 heteroatoms. The molecule has 0 N–H and O–H groups in total. The van der Waals surface area contributed by atoms with Crippen LogP contribution in [0.1, 0.15) is 47.8 Å². The van der Waals surface area contributed by atoms with Crippen molar-refractivity contribution in [2.75, 3.05) is 7.11 Å². The van der Waals surface area contributed by atoms with E-state index in [1.54, 1.807) is 64.3 Å². The Morgan fingerprint density at radius 3 is 2.34 bits per heavy atom. The van der Waals surface area contributed by atoms with E-state index in [1.807, 2.05) is 12.1 Å². The number of benzene rings is 2. The second kappa shape index (κ2) is 8.03. The third-order valence-electron chi connectivity index (χ3n) is 4.58. The second-order valence-electron chi connectivity index (χ2n) is 7.98. The van der Waals surface area contributed by atoms with Gasteiger partial charge in [0.1, 0.15) is 11.4 Å². The van der Waals surface area contributed by atoms with E-state index < -0.39 is 11.6 Å². The van der Waals surface area contributed by atoms with E-state index in [-0.39, 0.29) is 30.0 Å². The number of carbonyl (C=O) groups is 3. The minimum atomic E-state index is -0.571. The van der Waals surface area contributed by atoms with Crippen LogP contribution in [-0.2, 0) is 27.2 Å². The highest BCUT2D eigenvalue weighted by Gasteiger charge is 2.26. The number of hydrogen-bond donors (Lipinski definition) is 0. The molecule has 0 spiro atoms. The van der Waals surface area contributed by atoms with Gasteiger partial charge in [0.2, 0.25) is 0 Å². The number of esters is 1. The molecule has 0 heterocycles. The van der Waals surface area contributed by atoms with Gasteiger partial charge < -0.3 is 9.47 Å². The van der Waals surface area contributed by atoms with Gasteiger partial charge in [-0.2, -0.15) is 0 Å². The maximum Gasteiger partial charge on any atom is 0.338 e. The van der Waals surface area contributed by atoms with E-state index in [2.05, 4.69) is 0 Å². The maximum atomic E-state index is 12.7. The SMILES string of the molecule is COc1cccc2c1CC(=O)C(C(=O)Cc1ccc(C(=O)OC(C)(C)C)cc1)=C2. The van der Waals surface area contributed by atoms with E-state index in [4.69, 9.17) is 9.47 Å². The van der Waals surface area contributed by atoms with E-state index in [9.17, 15) is 14.4 Å². The molecule has 1 aliphatic rings. The minimum Gasteiger partial charge on any atom is -0.496 e. The Morgan fingerprint density at radius 1 is 1.03 bits per heavy atom. The smallest absolute Gasteiger partial charge is 0.338 e. The first-order valence-corrected chi connectivity index (χ1v) is 9.44. The number of fused-ring (bicyclic) bond motifs is 1. The van der Waals surface area contributed by atoms with Gasteiger partial charge in [0, 0.05) is 18.4 Å². The fourth-order valence-corrected chi connectivity index (χ4v) is 3.20. The molecule has 0 saturated carbocycles. The van der Waals surface area contributed by atoms with Gasteiger partial charge >= 0.3 is 5.97 Å². The zero-order valence-corrected chi connectivity index (χ0v) is 17.1. The van der Waals surface area contributed by atoms with Crippen LogP contribution in [0.25, 0.3) is 6.08 Å². The predicted octanol–water partition coefficient (Wildman–Crippen LogP) is 3.97. The number of carbonyl (C=O) groups excluding carboxylic acids is 3. The molecule has 1 aliphatic carbocycles. The first-order valence-electron chi connectivity index (χ1n) is 9.44. The lowest BCUT2D eigenvalue weighted by atomic mass is 9.87. The van der Waals surface area contributed by atoms with Crippen LogP contribution in [-0.4, -0.2) is 30.2 Å². The molecule has 29 heavy (non-hydrogen) atoms. The van der Waals surface area contributed by atoms with Crippen LogP contribution in [0, 0.1) is 0 Å². The summed E-state index contributed by atoms with van der Waals surface area (Å²) in [6, 6.07) is 12.2. The highest BCUT2D eigenvalue weighted by atomic mass is 16.6. The number of methoxy groups -OCH3 is 1. The highest BCUT2D eigenvalue weighted by molar-refractivity contribution is 6.25. The summed E-state index contributed by atoms with van der Waals surface area (Å²) < 4.78 is 10.6. The summed E-state index contributed by atoms with van der Waals surface area (Å²) in [7, 11) is 1.56. The molecule has 0 aliphatic heterocycles. The van der Waals surface area contributed by atoms with Crippen molar-refractivity contribution in [3.8, 4) is 5.75 Å². The molecule has 0 saturated heterocycles. The zero-order valence-electron chi connectivity index (χ0n) is 17.1. The monoisotopic (exact) mass is 392 g/mol. The molecule has 0 unspecified atom stereocenters. The minimum absolute atomic E-state index is 0.0888. The van der Waals surface area contributed by atoms with Crippen LogP contribution in [0.4, 0.5) is 0 Å². The van der Waals surface area contributed by atoms with Gasteiger partial charge in [-0.3, -0.25) is 9.59 Å². The van der Waals surface area contributed by atoms with E-state index in [1.165, 1.54) is 0 Å². The van der Waals surface area contributed by atoms with Gasteiger partial charge in [0.05, 0.1) is 18.2 Å². The molecule has 0 aromatic heterocycles. The quantitative estimate of drug-likeness (QED) is 0.569. The Balaban J connectivity index is 1.75. The van der Waals surface area contributed by atoms with Gasteiger partial charge in [-0.15, -0.1) is 0 Å². The molecule has 5 nitrogen and oxygen atoms in total. The summed E-state index contributed by atoms with van der Waals surface area (Å²) >= 11 is 0. The van der Waals surface area contributed by atoms with Crippen molar-refractivity contribution in [3.63, 3.8) is 0 Å². The predicted molar refractivity (Wildman–Crippen MR) is 110 cm³/mol. The molecule has 0 atom stereocenters. The number of rotatable bonds is 5. The molecule has 0 amide bonds. The highest BCUT2D eigenvalue weighted by Crippen LogP contribution is 2.30. The molecular weight excluding hydrogens is 368 g/mol. The van der Waals surface area contributed by atoms with Gasteiger partial charge in [-0.25, -0.2) is 4.79 Å². The Morgan fingerprint density at radius 2 is 1.72 bits per heavy atom. The first kappa shape index (κ1) is 20.5. The fraction of sp³-hybridized carbons (Fsp3) is 0.292. The Labute approximate surface area is 170 Å². The van der Waals surface area contributed by atoms with Crippen molar-refractivity contribution in [1.29, 1.82) is 0 Å². The van der Waals surface area contributed by atoms with Crippen LogP contribution in [0.5, 0.6) is 5.75 Å². The molecule has 0 fully saturated rings. The number of Topliss-reactive ketones (excluding diaryl/α,β-unsaturated/α-hetero) is 2. The van der Waals surface area contributed by atoms with Gasteiger partial charge in [-0.1, -0.05) is 24.3 Å². The Kier molecular flexibility index (Phi) is 5.69. The molecular formula is C24H24O5. The van der Waals surface area contributed by atoms with Gasteiger partial charge in [0.25, 0.3) is 0 Å². The van der Waals surface area contributed by atoms with Crippen molar-refractivity contribution in [3.05, 3.63) is 70.3 Å². The lowest BCUT2D eigenvalue weighted by Gasteiger charge is -2.19. The number of hydrogen-bond acceptors (Lipinski definition) is 5. The van der Waals surface area contributed by atoms with Crippen molar-refractivity contribution in [2.45, 2.75) is 39.2 Å². The Hall–Kier alpha value is -3.21. The molecule has 2 aromatic carbocycles. The molecule has 150 valence electrons. The van der Waals surface area contributed by atoms with Crippen molar-refractivity contribution in [2.24, 2.45) is 0 Å². The van der Waals surface area contributed by atoms with E-state index >= 15 is 0 Å². The second-order valence-corrected chi connectivity index (χ2v) is 7.98. The topological polar surface area (TPSA) is 69.7 Å². The normalized spacial score (nSPS) is 13.4. The maximum absolute atomic E-state index is 12.7. The number of allylic oxidation sites excluding steroid dienone is 1. The van der Waals surface area contributed by atoms with Crippen LogP contribution in [0.15, 0.2) is 48.0 Å². The largest absolute Gasteiger partial charge is 0.496 e. The number of ketones is 2. The third-order valence-corrected chi connectivity index (χ3v) is 4.58. The lowest BCUT2D eigenvalue weighted by Crippen LogP contribution is -2.24. The van der Waals surface area contributed by atoms with Crippen molar-refractivity contribution in [1.82, 2.24) is 0 Å². The average molecular weight is 392 g/mol. The van der Waals surface area contributed by atoms with Crippen molar-refractivity contribution < 1.29 is 23.9 Å². The van der Waals surface area contributed by atoms with E-state index in [0.717, 1.165) is 16.7 Å². The summed E-state index contributed by atoms with van der Waals surface area (Å²) in [4.78, 5) is 37.4. The Bertz CT molecular complexity index is 991. The summed E-state index contributed by atoms with van der Waals surface area (Å²) in [5, 5.41) is 0. The fourth-order valence-electron chi connectivity index (χ4n) is 3.20. The summed E-state index contributed by atoms with van der Waals surface area (Å²) in [6.45, 7) is 5.42. The van der Waals surface area contributed by atoms with E-state index in [0.29, 0.717) is 11.3 Å². The molecule has 3 rings (SSSR count). The summed E-state index contributed by atoms with van der Waals surface area (Å²) in [5.74, 6) is -0.215. The van der Waals surface area contributed by atoms with Crippen LogP contribution in [0.2, 0.25) is 0 Å². The van der Waals surface area contributed by atoms with Crippen LogP contribution in [0.3, 0.4) is 0 Å². The third kappa shape index (κ3) is 4.80. The summed E-state index contributed by atoms with van der Waals surface area (Å²) in [5.41, 5.74) is 2.41. The van der Waals surface area contributed by atoms with Gasteiger partial charge in [0.15, 0.2) is 11.6 Å². The molecule has 2 aromatic rings. The zero-order chi connectivity index (χ0) is 21.2.